The van der Waals surface area contributed by atoms with Gasteiger partial charge in [0, 0.05) is 6.04 Å². The van der Waals surface area contributed by atoms with E-state index in [0.29, 0.717) is 0 Å². The predicted molar refractivity (Wildman–Crippen MR) is 76.1 cm³/mol. The molecule has 2 rings (SSSR count). The first kappa shape index (κ1) is 15.9. The summed E-state index contributed by atoms with van der Waals surface area (Å²) in [7, 11) is 1.82. The second-order valence-electron chi connectivity index (χ2n) is 5.27. The number of hydrogen-bond acceptors (Lipinski definition) is 2. The standard InChI is InChI=1S/C16H20F3NO/c1-20-15(10-12-6-3-2-4-7-12)13-8-5-9-14(11-13)21-16(17,18)19/h5-6,8-9,11,15,20H,2-4,7,10H2,1H3. The normalized spacial score (nSPS) is 17.2. The highest BCUT2D eigenvalue weighted by molar-refractivity contribution is 5.31. The van der Waals surface area contributed by atoms with Gasteiger partial charge in [-0.2, -0.15) is 0 Å². The Kier molecular flexibility index (Phi) is 5.28. The van der Waals surface area contributed by atoms with Crippen LogP contribution in [-0.2, 0) is 0 Å². The van der Waals surface area contributed by atoms with Crippen LogP contribution >= 0.6 is 0 Å². The van der Waals surface area contributed by atoms with Crippen LogP contribution in [0.1, 0.15) is 43.7 Å². The number of allylic oxidation sites excluding steroid dienone is 1. The first-order valence-corrected chi connectivity index (χ1v) is 7.19. The average Bonchev–Trinajstić information content (AvgIpc) is 2.44. The van der Waals surface area contributed by atoms with Gasteiger partial charge in [0.05, 0.1) is 0 Å². The van der Waals surface area contributed by atoms with Crippen molar-refractivity contribution in [3.05, 3.63) is 41.5 Å². The van der Waals surface area contributed by atoms with Crippen LogP contribution in [0.15, 0.2) is 35.9 Å². The van der Waals surface area contributed by atoms with Crippen LogP contribution in [0.3, 0.4) is 0 Å². The lowest BCUT2D eigenvalue weighted by Crippen LogP contribution is -2.19. The summed E-state index contributed by atoms with van der Waals surface area (Å²) in [6, 6.07) is 6.21. The maximum Gasteiger partial charge on any atom is 0.573 e. The van der Waals surface area contributed by atoms with Crippen molar-refractivity contribution >= 4 is 0 Å². The summed E-state index contributed by atoms with van der Waals surface area (Å²) in [6.07, 6.45) is 3.03. The molecular weight excluding hydrogens is 279 g/mol. The second-order valence-corrected chi connectivity index (χ2v) is 5.27. The molecule has 0 aromatic heterocycles. The van der Waals surface area contributed by atoms with Crippen molar-refractivity contribution in [2.45, 2.75) is 44.5 Å². The first-order chi connectivity index (χ1) is 9.98. The summed E-state index contributed by atoms with van der Waals surface area (Å²) in [5, 5.41) is 3.18. The van der Waals surface area contributed by atoms with Crippen LogP contribution in [0.4, 0.5) is 13.2 Å². The maximum absolute atomic E-state index is 12.3. The Morgan fingerprint density at radius 3 is 2.71 bits per heavy atom. The van der Waals surface area contributed by atoms with Crippen molar-refractivity contribution in [3.8, 4) is 5.75 Å². The number of ether oxygens (including phenoxy) is 1. The molecule has 0 bridgehead atoms. The molecule has 1 aliphatic rings. The van der Waals surface area contributed by atoms with E-state index in [4.69, 9.17) is 0 Å². The van der Waals surface area contributed by atoms with Crippen molar-refractivity contribution in [2.75, 3.05) is 7.05 Å². The monoisotopic (exact) mass is 299 g/mol. The minimum Gasteiger partial charge on any atom is -0.406 e. The molecule has 0 amide bonds. The Morgan fingerprint density at radius 2 is 2.10 bits per heavy atom. The van der Waals surface area contributed by atoms with E-state index >= 15 is 0 Å². The number of benzene rings is 1. The predicted octanol–water partition coefficient (Wildman–Crippen LogP) is 4.74. The molecule has 1 atom stereocenters. The highest BCUT2D eigenvalue weighted by Crippen LogP contribution is 2.30. The van der Waals surface area contributed by atoms with E-state index in [1.165, 1.54) is 30.5 Å². The molecule has 1 N–H and O–H groups in total. The quantitative estimate of drug-likeness (QED) is 0.793. The third-order valence-electron chi connectivity index (χ3n) is 3.69. The lowest BCUT2D eigenvalue weighted by molar-refractivity contribution is -0.274. The van der Waals surface area contributed by atoms with Crippen molar-refractivity contribution in [3.63, 3.8) is 0 Å². The average molecular weight is 299 g/mol. The van der Waals surface area contributed by atoms with Gasteiger partial charge in [-0.3, -0.25) is 0 Å². The van der Waals surface area contributed by atoms with Crippen LogP contribution in [0, 0.1) is 0 Å². The lowest BCUT2D eigenvalue weighted by atomic mass is 9.91. The molecule has 1 aliphatic carbocycles. The SMILES string of the molecule is CNC(CC1=CCCCC1)c1cccc(OC(F)(F)F)c1. The zero-order valence-corrected chi connectivity index (χ0v) is 12.0. The van der Waals surface area contributed by atoms with Crippen molar-refractivity contribution in [1.29, 1.82) is 0 Å². The smallest absolute Gasteiger partial charge is 0.406 e. The van der Waals surface area contributed by atoms with Crippen molar-refractivity contribution < 1.29 is 17.9 Å². The van der Waals surface area contributed by atoms with E-state index in [0.717, 1.165) is 24.8 Å². The molecule has 0 fully saturated rings. The fraction of sp³-hybridized carbons (Fsp3) is 0.500. The highest BCUT2D eigenvalue weighted by Gasteiger charge is 2.31. The fourth-order valence-corrected chi connectivity index (χ4v) is 2.67. The van der Waals surface area contributed by atoms with Gasteiger partial charge in [0.15, 0.2) is 0 Å². The van der Waals surface area contributed by atoms with Gasteiger partial charge in [-0.1, -0.05) is 23.8 Å². The van der Waals surface area contributed by atoms with Gasteiger partial charge in [0.25, 0.3) is 0 Å². The Balaban J connectivity index is 2.10. The Bertz CT molecular complexity index is 497. The van der Waals surface area contributed by atoms with Gasteiger partial charge in [0.2, 0.25) is 0 Å². The van der Waals surface area contributed by atoms with E-state index in [1.54, 1.807) is 6.07 Å². The molecule has 0 saturated carbocycles. The van der Waals surface area contributed by atoms with Crippen LogP contribution in [0.5, 0.6) is 5.75 Å². The molecular formula is C16H20F3NO. The number of nitrogens with one attached hydrogen (secondary N) is 1. The van der Waals surface area contributed by atoms with Crippen LogP contribution in [0.2, 0.25) is 0 Å². The van der Waals surface area contributed by atoms with E-state index in [1.807, 2.05) is 13.1 Å². The zero-order chi connectivity index (χ0) is 15.3. The van der Waals surface area contributed by atoms with Gasteiger partial charge < -0.3 is 10.1 Å². The molecule has 116 valence electrons. The van der Waals surface area contributed by atoms with Gasteiger partial charge in [0.1, 0.15) is 5.75 Å². The van der Waals surface area contributed by atoms with E-state index in [-0.39, 0.29) is 11.8 Å². The minimum atomic E-state index is -4.65. The van der Waals surface area contributed by atoms with Gasteiger partial charge in [-0.05, 0) is 56.8 Å². The summed E-state index contributed by atoms with van der Waals surface area (Å²) >= 11 is 0. The topological polar surface area (TPSA) is 21.3 Å². The third kappa shape index (κ3) is 5.08. The Hall–Kier alpha value is -1.49. The van der Waals surface area contributed by atoms with Crippen LogP contribution in [0.25, 0.3) is 0 Å². The molecule has 1 unspecified atom stereocenters. The molecule has 0 heterocycles. The highest BCUT2D eigenvalue weighted by atomic mass is 19.4. The minimum absolute atomic E-state index is 0.00568. The van der Waals surface area contributed by atoms with E-state index in [9.17, 15) is 13.2 Å². The van der Waals surface area contributed by atoms with E-state index < -0.39 is 6.36 Å². The van der Waals surface area contributed by atoms with Crippen molar-refractivity contribution in [2.24, 2.45) is 0 Å². The summed E-state index contributed by atoms with van der Waals surface area (Å²) in [5.41, 5.74) is 2.19. The van der Waals surface area contributed by atoms with E-state index in [2.05, 4.69) is 16.1 Å². The molecule has 0 radical (unpaired) electrons. The largest absolute Gasteiger partial charge is 0.573 e. The second kappa shape index (κ2) is 6.98. The van der Waals surface area contributed by atoms with Gasteiger partial charge >= 0.3 is 6.36 Å². The molecule has 0 aliphatic heterocycles. The van der Waals surface area contributed by atoms with Gasteiger partial charge in [-0.25, -0.2) is 0 Å². The molecule has 21 heavy (non-hydrogen) atoms. The molecule has 2 nitrogen and oxygen atoms in total. The number of rotatable bonds is 5. The number of hydrogen-bond donors (Lipinski definition) is 1. The Labute approximate surface area is 123 Å². The third-order valence-corrected chi connectivity index (χ3v) is 3.69. The van der Waals surface area contributed by atoms with Crippen molar-refractivity contribution in [1.82, 2.24) is 5.32 Å². The lowest BCUT2D eigenvalue weighted by Gasteiger charge is -2.21. The van der Waals surface area contributed by atoms with Crippen LogP contribution in [-0.4, -0.2) is 13.4 Å². The zero-order valence-electron chi connectivity index (χ0n) is 12.0. The molecule has 0 saturated heterocycles. The summed E-state index contributed by atoms with van der Waals surface area (Å²) in [6.45, 7) is 0. The molecule has 5 heteroatoms. The maximum atomic E-state index is 12.3. The van der Waals surface area contributed by atoms with Crippen LogP contribution < -0.4 is 10.1 Å². The first-order valence-electron chi connectivity index (χ1n) is 7.19. The summed E-state index contributed by atoms with van der Waals surface area (Å²) in [5.74, 6) is -0.169. The van der Waals surface area contributed by atoms with Gasteiger partial charge in [-0.15, -0.1) is 13.2 Å². The summed E-state index contributed by atoms with van der Waals surface area (Å²) in [4.78, 5) is 0. The molecule has 0 spiro atoms. The molecule has 1 aromatic carbocycles. The molecule has 1 aromatic rings. The Morgan fingerprint density at radius 1 is 1.29 bits per heavy atom. The number of alkyl halides is 3. The fourth-order valence-electron chi connectivity index (χ4n) is 2.67. The number of halogens is 3. The summed E-state index contributed by atoms with van der Waals surface area (Å²) < 4.78 is 40.8.